The molecular weight excluding hydrogens is 322 g/mol. The third-order valence-corrected chi connectivity index (χ3v) is 5.41. The monoisotopic (exact) mass is 345 g/mol. The molecule has 1 aliphatic rings. The van der Waals surface area contributed by atoms with Gasteiger partial charge in [0.1, 0.15) is 5.75 Å². The van der Waals surface area contributed by atoms with Gasteiger partial charge >= 0.3 is 6.03 Å². The smallest absolute Gasteiger partial charge is 0.319 e. The molecule has 3 rings (SSSR count). The van der Waals surface area contributed by atoms with Gasteiger partial charge in [0, 0.05) is 36.1 Å². The largest absolute Gasteiger partial charge is 0.497 e. The molecule has 1 fully saturated rings. The van der Waals surface area contributed by atoms with Crippen LogP contribution in [0, 0.1) is 5.92 Å². The SMILES string of the molecule is COc1ccc(NC(=O)NCC2CN(C)CC2c2cccs2)cc1. The zero-order valence-electron chi connectivity index (χ0n) is 14.0. The van der Waals surface area contributed by atoms with Crippen LogP contribution in [0.1, 0.15) is 10.8 Å². The Kier molecular flexibility index (Phi) is 5.37. The predicted molar refractivity (Wildman–Crippen MR) is 98.1 cm³/mol. The summed E-state index contributed by atoms with van der Waals surface area (Å²) in [5.41, 5.74) is 0.756. The van der Waals surface area contributed by atoms with Crippen LogP contribution in [0.2, 0.25) is 0 Å². The van der Waals surface area contributed by atoms with Crippen molar-refractivity contribution in [2.24, 2.45) is 5.92 Å². The van der Waals surface area contributed by atoms with E-state index in [1.807, 2.05) is 24.3 Å². The molecule has 0 bridgehead atoms. The maximum atomic E-state index is 12.1. The molecule has 2 unspecified atom stereocenters. The number of likely N-dealkylation sites (tertiary alicyclic amines) is 1. The summed E-state index contributed by atoms with van der Waals surface area (Å²) in [7, 11) is 3.76. The van der Waals surface area contributed by atoms with E-state index < -0.39 is 0 Å². The number of hydrogen-bond donors (Lipinski definition) is 2. The highest BCUT2D eigenvalue weighted by Gasteiger charge is 2.32. The second-order valence-electron chi connectivity index (χ2n) is 6.17. The van der Waals surface area contributed by atoms with Gasteiger partial charge in [-0.25, -0.2) is 4.79 Å². The Balaban J connectivity index is 1.53. The van der Waals surface area contributed by atoms with Crippen molar-refractivity contribution >= 4 is 23.1 Å². The quantitative estimate of drug-likeness (QED) is 0.875. The van der Waals surface area contributed by atoms with E-state index in [2.05, 4.69) is 40.1 Å². The van der Waals surface area contributed by atoms with Crippen molar-refractivity contribution in [2.45, 2.75) is 5.92 Å². The van der Waals surface area contributed by atoms with Crippen LogP contribution in [0.3, 0.4) is 0 Å². The van der Waals surface area contributed by atoms with Crippen LogP contribution < -0.4 is 15.4 Å². The number of rotatable bonds is 5. The normalized spacial score (nSPS) is 20.8. The minimum Gasteiger partial charge on any atom is -0.497 e. The zero-order chi connectivity index (χ0) is 16.9. The summed E-state index contributed by atoms with van der Waals surface area (Å²) in [5.74, 6) is 1.71. The minimum absolute atomic E-state index is 0.167. The number of carbonyl (C=O) groups is 1. The summed E-state index contributed by atoms with van der Waals surface area (Å²) in [6.07, 6.45) is 0. The first-order valence-corrected chi connectivity index (χ1v) is 8.94. The number of ether oxygens (including phenoxy) is 1. The molecule has 0 aliphatic carbocycles. The topological polar surface area (TPSA) is 53.6 Å². The molecule has 5 nitrogen and oxygen atoms in total. The van der Waals surface area contributed by atoms with E-state index in [1.165, 1.54) is 4.88 Å². The highest BCUT2D eigenvalue weighted by molar-refractivity contribution is 7.10. The molecule has 2 amide bonds. The molecule has 0 radical (unpaired) electrons. The molecule has 2 heterocycles. The summed E-state index contributed by atoms with van der Waals surface area (Å²) >= 11 is 1.80. The van der Waals surface area contributed by atoms with Gasteiger partial charge in [-0.15, -0.1) is 11.3 Å². The van der Waals surface area contributed by atoms with Crippen molar-refractivity contribution in [3.8, 4) is 5.75 Å². The molecule has 1 saturated heterocycles. The minimum atomic E-state index is -0.167. The lowest BCUT2D eigenvalue weighted by Crippen LogP contribution is -2.35. The van der Waals surface area contributed by atoms with Crippen molar-refractivity contribution in [2.75, 3.05) is 39.1 Å². The van der Waals surface area contributed by atoms with Gasteiger partial charge in [-0.1, -0.05) is 6.07 Å². The summed E-state index contributed by atoms with van der Waals surface area (Å²) in [6, 6.07) is 11.4. The lowest BCUT2D eigenvalue weighted by Gasteiger charge is -2.18. The third kappa shape index (κ3) is 4.07. The second-order valence-corrected chi connectivity index (χ2v) is 7.15. The van der Waals surface area contributed by atoms with E-state index in [4.69, 9.17) is 4.74 Å². The van der Waals surface area contributed by atoms with Crippen LogP contribution in [0.15, 0.2) is 41.8 Å². The Morgan fingerprint density at radius 3 is 2.75 bits per heavy atom. The first kappa shape index (κ1) is 16.8. The van der Waals surface area contributed by atoms with Crippen molar-refractivity contribution in [1.29, 1.82) is 0 Å². The van der Waals surface area contributed by atoms with Crippen molar-refractivity contribution < 1.29 is 9.53 Å². The van der Waals surface area contributed by atoms with E-state index in [0.717, 1.165) is 24.5 Å². The molecule has 24 heavy (non-hydrogen) atoms. The number of nitrogens with zero attached hydrogens (tertiary/aromatic N) is 1. The number of carbonyl (C=O) groups excluding carboxylic acids is 1. The molecule has 1 aromatic carbocycles. The fraction of sp³-hybridized carbons (Fsp3) is 0.389. The highest BCUT2D eigenvalue weighted by atomic mass is 32.1. The van der Waals surface area contributed by atoms with Crippen molar-refractivity contribution in [3.63, 3.8) is 0 Å². The fourth-order valence-electron chi connectivity index (χ4n) is 3.19. The molecule has 128 valence electrons. The molecular formula is C18H23N3O2S. The maximum Gasteiger partial charge on any atom is 0.319 e. The zero-order valence-corrected chi connectivity index (χ0v) is 14.8. The molecule has 0 saturated carbocycles. The number of urea groups is 1. The molecule has 1 aliphatic heterocycles. The van der Waals surface area contributed by atoms with Gasteiger partial charge in [0.2, 0.25) is 0 Å². The van der Waals surface area contributed by atoms with Crippen molar-refractivity contribution in [3.05, 3.63) is 46.7 Å². The van der Waals surface area contributed by atoms with Gasteiger partial charge in [-0.05, 0) is 48.7 Å². The molecule has 2 N–H and O–H groups in total. The van der Waals surface area contributed by atoms with Crippen LogP contribution in [0.4, 0.5) is 10.5 Å². The van der Waals surface area contributed by atoms with Crippen LogP contribution in [0.5, 0.6) is 5.75 Å². The number of likely N-dealkylation sites (N-methyl/N-ethyl adjacent to an activating group) is 1. The Morgan fingerprint density at radius 1 is 1.29 bits per heavy atom. The Morgan fingerprint density at radius 2 is 2.08 bits per heavy atom. The van der Waals surface area contributed by atoms with Gasteiger partial charge in [-0.2, -0.15) is 0 Å². The number of anilines is 1. The van der Waals surface area contributed by atoms with Gasteiger partial charge in [0.25, 0.3) is 0 Å². The van der Waals surface area contributed by atoms with Crippen LogP contribution in [0.25, 0.3) is 0 Å². The average molecular weight is 345 g/mol. The number of amides is 2. The first-order valence-electron chi connectivity index (χ1n) is 8.06. The fourth-order valence-corrected chi connectivity index (χ4v) is 4.10. The summed E-state index contributed by atoms with van der Waals surface area (Å²) in [6.45, 7) is 2.73. The number of nitrogens with one attached hydrogen (secondary N) is 2. The Bertz CT molecular complexity index is 657. The lowest BCUT2D eigenvalue weighted by molar-refractivity contribution is 0.249. The van der Waals surface area contributed by atoms with Crippen LogP contribution >= 0.6 is 11.3 Å². The number of hydrogen-bond acceptors (Lipinski definition) is 4. The number of thiophene rings is 1. The van der Waals surface area contributed by atoms with Gasteiger partial charge < -0.3 is 20.3 Å². The van der Waals surface area contributed by atoms with Gasteiger partial charge in [0.05, 0.1) is 7.11 Å². The van der Waals surface area contributed by atoms with Crippen molar-refractivity contribution in [1.82, 2.24) is 10.2 Å². The Hall–Kier alpha value is -2.05. The first-order chi connectivity index (χ1) is 11.7. The standard InChI is InChI=1S/C18H23N3O2S/c1-21-11-13(16(12-21)17-4-3-9-24-17)10-19-18(22)20-14-5-7-15(23-2)8-6-14/h3-9,13,16H,10-12H2,1-2H3,(H2,19,20,22). The summed E-state index contributed by atoms with van der Waals surface area (Å²) in [4.78, 5) is 15.9. The number of methoxy groups -OCH3 is 1. The summed E-state index contributed by atoms with van der Waals surface area (Å²) < 4.78 is 5.11. The second kappa shape index (κ2) is 7.68. The molecule has 6 heteroatoms. The number of benzene rings is 1. The molecule has 2 aromatic rings. The van der Waals surface area contributed by atoms with Crippen LogP contribution in [-0.2, 0) is 0 Å². The molecule has 2 atom stereocenters. The van der Waals surface area contributed by atoms with E-state index in [9.17, 15) is 4.79 Å². The Labute approximate surface area is 146 Å². The van der Waals surface area contributed by atoms with E-state index in [-0.39, 0.29) is 6.03 Å². The molecule has 1 aromatic heterocycles. The van der Waals surface area contributed by atoms with E-state index in [1.54, 1.807) is 18.4 Å². The lowest BCUT2D eigenvalue weighted by atomic mass is 9.94. The summed E-state index contributed by atoms with van der Waals surface area (Å²) in [5, 5.41) is 7.99. The molecule has 0 spiro atoms. The van der Waals surface area contributed by atoms with Crippen LogP contribution in [-0.4, -0.2) is 44.7 Å². The third-order valence-electron chi connectivity index (χ3n) is 4.40. The maximum absolute atomic E-state index is 12.1. The van der Waals surface area contributed by atoms with Gasteiger partial charge in [0.15, 0.2) is 0 Å². The van der Waals surface area contributed by atoms with E-state index >= 15 is 0 Å². The predicted octanol–water partition coefficient (Wildman–Crippen LogP) is 3.22. The van der Waals surface area contributed by atoms with E-state index in [0.29, 0.717) is 18.4 Å². The highest BCUT2D eigenvalue weighted by Crippen LogP contribution is 2.34. The van der Waals surface area contributed by atoms with Gasteiger partial charge in [-0.3, -0.25) is 0 Å². The average Bonchev–Trinajstić information content (AvgIpc) is 3.23.